The summed E-state index contributed by atoms with van der Waals surface area (Å²) in [5.74, 6) is 0. The van der Waals surface area contributed by atoms with Crippen molar-refractivity contribution in [2.75, 3.05) is 18.5 Å². The molecule has 1 rings (SSSR count). The number of nitrogens with zero attached hydrogens (tertiary/aromatic N) is 2. The van der Waals surface area contributed by atoms with Crippen LogP contribution in [-0.2, 0) is 0 Å². The van der Waals surface area contributed by atoms with E-state index < -0.39 is 4.92 Å². The number of rotatable bonds is 8. The third-order valence-electron chi connectivity index (χ3n) is 2.73. The van der Waals surface area contributed by atoms with Gasteiger partial charge in [-0.3, -0.25) is 10.1 Å². The summed E-state index contributed by atoms with van der Waals surface area (Å²) in [6, 6.07) is 6.30. The van der Waals surface area contributed by atoms with Gasteiger partial charge in [-0.15, -0.1) is 0 Å². The minimum atomic E-state index is -0.551. The van der Waals surface area contributed by atoms with Gasteiger partial charge < -0.3 is 10.4 Å². The van der Waals surface area contributed by atoms with Crippen LogP contribution >= 0.6 is 0 Å². The van der Waals surface area contributed by atoms with E-state index in [1.807, 2.05) is 0 Å². The molecule has 0 atom stereocenters. The highest BCUT2D eigenvalue weighted by atomic mass is 16.6. The van der Waals surface area contributed by atoms with Gasteiger partial charge in [0, 0.05) is 24.9 Å². The van der Waals surface area contributed by atoms with Gasteiger partial charge in [-0.05, 0) is 25.0 Å². The number of nitro groups is 1. The zero-order valence-corrected chi connectivity index (χ0v) is 10.6. The maximum absolute atomic E-state index is 10.8. The molecule has 0 saturated carbocycles. The highest BCUT2D eigenvalue weighted by Gasteiger charge is 2.13. The molecule has 0 aliphatic carbocycles. The molecular weight excluding hydrogens is 246 g/mol. The number of nitro benzene ring substituents is 1. The maximum atomic E-state index is 10.8. The smallest absolute Gasteiger partial charge is 0.289 e. The first-order chi connectivity index (χ1) is 9.19. The van der Waals surface area contributed by atoms with Crippen molar-refractivity contribution >= 4 is 11.4 Å². The number of aliphatic hydroxyl groups excluding tert-OH is 1. The standard InChI is InChI=1S/C13H17N3O3/c14-10-11-5-6-12(9-13(11)16(18)19)15-7-3-1-2-4-8-17/h5-6,9,15,17H,1-4,7-8H2. The van der Waals surface area contributed by atoms with E-state index in [0.717, 1.165) is 25.7 Å². The lowest BCUT2D eigenvalue weighted by Gasteiger charge is -2.06. The number of unbranched alkanes of at least 4 members (excludes halogenated alkanes) is 3. The zero-order valence-electron chi connectivity index (χ0n) is 10.6. The minimum Gasteiger partial charge on any atom is -0.396 e. The van der Waals surface area contributed by atoms with Crippen LogP contribution in [-0.4, -0.2) is 23.2 Å². The van der Waals surface area contributed by atoms with Crippen LogP contribution < -0.4 is 5.32 Å². The van der Waals surface area contributed by atoms with Gasteiger partial charge in [-0.25, -0.2) is 0 Å². The zero-order chi connectivity index (χ0) is 14.1. The lowest BCUT2D eigenvalue weighted by Crippen LogP contribution is -2.02. The van der Waals surface area contributed by atoms with Crippen LogP contribution in [0.3, 0.4) is 0 Å². The quantitative estimate of drug-likeness (QED) is 0.426. The third kappa shape index (κ3) is 4.94. The maximum Gasteiger partial charge on any atom is 0.289 e. The Bertz CT molecular complexity index is 469. The molecule has 1 aromatic carbocycles. The SMILES string of the molecule is N#Cc1ccc(NCCCCCCO)cc1[N+](=O)[O-]. The number of benzene rings is 1. The molecule has 0 aliphatic heterocycles. The molecule has 1 aromatic rings. The van der Waals surface area contributed by atoms with Crippen LogP contribution in [0.2, 0.25) is 0 Å². The number of aliphatic hydroxyl groups is 1. The number of hydrogen-bond acceptors (Lipinski definition) is 5. The summed E-state index contributed by atoms with van der Waals surface area (Å²) < 4.78 is 0. The van der Waals surface area contributed by atoms with Crippen LogP contribution in [0, 0.1) is 21.4 Å². The van der Waals surface area contributed by atoms with Gasteiger partial charge in [-0.2, -0.15) is 5.26 Å². The van der Waals surface area contributed by atoms with Crippen LogP contribution in [0.1, 0.15) is 31.2 Å². The first-order valence-electron chi connectivity index (χ1n) is 6.22. The summed E-state index contributed by atoms with van der Waals surface area (Å²) in [5.41, 5.74) is 0.541. The summed E-state index contributed by atoms with van der Waals surface area (Å²) in [7, 11) is 0. The van der Waals surface area contributed by atoms with E-state index in [1.165, 1.54) is 12.1 Å². The molecule has 0 unspecified atom stereocenters. The van der Waals surface area contributed by atoms with Crippen molar-refractivity contribution < 1.29 is 10.0 Å². The molecule has 6 nitrogen and oxygen atoms in total. The Morgan fingerprint density at radius 3 is 2.68 bits per heavy atom. The average molecular weight is 263 g/mol. The number of anilines is 1. The number of nitrogens with one attached hydrogen (secondary N) is 1. The van der Waals surface area contributed by atoms with Gasteiger partial charge in [0.05, 0.1) is 4.92 Å². The molecule has 0 heterocycles. The van der Waals surface area contributed by atoms with E-state index in [2.05, 4.69) is 5.32 Å². The molecule has 19 heavy (non-hydrogen) atoms. The Kier molecular flexibility index (Phi) is 6.33. The first kappa shape index (κ1) is 14.9. The van der Waals surface area contributed by atoms with Crippen molar-refractivity contribution in [3.8, 4) is 6.07 Å². The van der Waals surface area contributed by atoms with Crippen molar-refractivity contribution in [3.63, 3.8) is 0 Å². The van der Waals surface area contributed by atoms with Gasteiger partial charge in [-0.1, -0.05) is 12.8 Å². The highest BCUT2D eigenvalue weighted by molar-refractivity contribution is 5.59. The van der Waals surface area contributed by atoms with E-state index >= 15 is 0 Å². The van der Waals surface area contributed by atoms with Gasteiger partial charge in [0.1, 0.15) is 11.6 Å². The topological polar surface area (TPSA) is 99.2 Å². The second-order valence-electron chi connectivity index (χ2n) is 4.17. The van der Waals surface area contributed by atoms with Gasteiger partial charge in [0.15, 0.2) is 0 Å². The summed E-state index contributed by atoms with van der Waals surface area (Å²) in [5, 5.41) is 31.3. The van der Waals surface area contributed by atoms with Crippen molar-refractivity contribution in [1.82, 2.24) is 0 Å². The summed E-state index contributed by atoms with van der Waals surface area (Å²) in [4.78, 5) is 10.2. The van der Waals surface area contributed by atoms with E-state index in [-0.39, 0.29) is 17.9 Å². The Labute approximate surface area is 111 Å². The van der Waals surface area contributed by atoms with Gasteiger partial charge in [0.2, 0.25) is 0 Å². The Hall–Kier alpha value is -2.13. The van der Waals surface area contributed by atoms with Crippen molar-refractivity contribution in [2.45, 2.75) is 25.7 Å². The summed E-state index contributed by atoms with van der Waals surface area (Å²) in [6.45, 7) is 0.934. The Morgan fingerprint density at radius 1 is 1.32 bits per heavy atom. The Morgan fingerprint density at radius 2 is 2.05 bits per heavy atom. The third-order valence-corrected chi connectivity index (χ3v) is 2.73. The van der Waals surface area contributed by atoms with E-state index in [4.69, 9.17) is 10.4 Å². The fourth-order valence-electron chi connectivity index (χ4n) is 1.71. The van der Waals surface area contributed by atoms with Crippen molar-refractivity contribution in [2.24, 2.45) is 0 Å². The molecule has 0 radical (unpaired) electrons. The summed E-state index contributed by atoms with van der Waals surface area (Å²) >= 11 is 0. The van der Waals surface area contributed by atoms with E-state index in [1.54, 1.807) is 12.1 Å². The van der Waals surface area contributed by atoms with Gasteiger partial charge >= 0.3 is 0 Å². The average Bonchev–Trinajstić information content (AvgIpc) is 2.42. The molecule has 0 bridgehead atoms. The van der Waals surface area contributed by atoms with Crippen LogP contribution in [0.5, 0.6) is 0 Å². The minimum absolute atomic E-state index is 0.0681. The van der Waals surface area contributed by atoms with E-state index in [0.29, 0.717) is 12.2 Å². The fourth-order valence-corrected chi connectivity index (χ4v) is 1.71. The van der Waals surface area contributed by atoms with Crippen LogP contribution in [0.4, 0.5) is 11.4 Å². The molecule has 0 spiro atoms. The molecule has 0 aliphatic rings. The van der Waals surface area contributed by atoms with Crippen LogP contribution in [0.25, 0.3) is 0 Å². The highest BCUT2D eigenvalue weighted by Crippen LogP contribution is 2.22. The predicted octanol–water partition coefficient (Wildman–Crippen LogP) is 2.43. The van der Waals surface area contributed by atoms with Crippen LogP contribution in [0.15, 0.2) is 18.2 Å². The largest absolute Gasteiger partial charge is 0.396 e. The number of nitriles is 1. The molecule has 102 valence electrons. The molecule has 0 saturated heterocycles. The monoisotopic (exact) mass is 263 g/mol. The normalized spacial score (nSPS) is 9.89. The number of hydrogen-bond donors (Lipinski definition) is 2. The molecular formula is C13H17N3O3. The fraction of sp³-hybridized carbons (Fsp3) is 0.462. The molecule has 0 fully saturated rings. The predicted molar refractivity (Wildman–Crippen MR) is 71.9 cm³/mol. The van der Waals surface area contributed by atoms with Gasteiger partial charge in [0.25, 0.3) is 5.69 Å². The molecule has 6 heteroatoms. The molecule has 0 amide bonds. The molecule has 2 N–H and O–H groups in total. The second kappa shape index (κ2) is 8.06. The second-order valence-corrected chi connectivity index (χ2v) is 4.17. The van der Waals surface area contributed by atoms with E-state index in [9.17, 15) is 10.1 Å². The van der Waals surface area contributed by atoms with Crippen molar-refractivity contribution in [3.05, 3.63) is 33.9 Å². The molecule has 0 aromatic heterocycles. The summed E-state index contributed by atoms with van der Waals surface area (Å²) in [6.07, 6.45) is 3.73. The lowest BCUT2D eigenvalue weighted by atomic mass is 10.1. The lowest BCUT2D eigenvalue weighted by molar-refractivity contribution is -0.385. The van der Waals surface area contributed by atoms with Crippen molar-refractivity contribution in [1.29, 1.82) is 5.26 Å². The first-order valence-corrected chi connectivity index (χ1v) is 6.22. The Balaban J connectivity index is 2.49.